The molecule has 0 bridgehead atoms. The van der Waals surface area contributed by atoms with Crippen molar-refractivity contribution in [3.05, 3.63) is 0 Å². The number of hydrogen-bond acceptors (Lipinski definition) is 3. The zero-order chi connectivity index (χ0) is 12.9. The van der Waals surface area contributed by atoms with Gasteiger partial charge in [-0.25, -0.2) is 0 Å². The van der Waals surface area contributed by atoms with E-state index in [9.17, 15) is 9.90 Å². The molecule has 4 nitrogen and oxygen atoms in total. The third-order valence-corrected chi connectivity index (χ3v) is 4.00. The fourth-order valence-corrected chi connectivity index (χ4v) is 2.50. The minimum Gasteiger partial charge on any atom is -0.394 e. The van der Waals surface area contributed by atoms with Gasteiger partial charge in [-0.15, -0.1) is 0 Å². The monoisotopic (exact) mass is 242 g/mol. The molecule has 100 valence electrons. The Morgan fingerprint density at radius 3 is 2.35 bits per heavy atom. The van der Waals surface area contributed by atoms with Gasteiger partial charge in [-0.3, -0.25) is 4.79 Å². The lowest BCUT2D eigenvalue weighted by molar-refractivity contribution is -0.133. The Morgan fingerprint density at radius 1 is 1.35 bits per heavy atom. The fourth-order valence-electron chi connectivity index (χ4n) is 2.50. The van der Waals surface area contributed by atoms with Gasteiger partial charge in [-0.2, -0.15) is 0 Å². The lowest BCUT2D eigenvalue weighted by Gasteiger charge is -2.36. The average Bonchev–Trinajstić information content (AvgIpc) is 2.35. The Morgan fingerprint density at radius 2 is 1.94 bits per heavy atom. The van der Waals surface area contributed by atoms with Crippen molar-refractivity contribution in [2.45, 2.75) is 52.0 Å². The predicted molar refractivity (Wildman–Crippen MR) is 68.4 cm³/mol. The zero-order valence-corrected chi connectivity index (χ0v) is 11.0. The second-order valence-electron chi connectivity index (χ2n) is 5.55. The highest BCUT2D eigenvalue weighted by molar-refractivity contribution is 5.83. The van der Waals surface area contributed by atoms with Crippen molar-refractivity contribution >= 4 is 5.91 Å². The van der Waals surface area contributed by atoms with Gasteiger partial charge < -0.3 is 16.2 Å². The minimum atomic E-state index is -0.388. The molecular formula is C13H26N2O2. The van der Waals surface area contributed by atoms with Crippen molar-refractivity contribution in [2.75, 3.05) is 13.2 Å². The molecule has 1 rings (SSSR count). The van der Waals surface area contributed by atoms with Crippen molar-refractivity contribution < 1.29 is 9.90 Å². The maximum absolute atomic E-state index is 12.3. The largest absolute Gasteiger partial charge is 0.394 e. The van der Waals surface area contributed by atoms with Crippen LogP contribution in [0, 0.1) is 11.3 Å². The lowest BCUT2D eigenvalue weighted by Crippen LogP contribution is -2.52. The fraction of sp³-hybridized carbons (Fsp3) is 0.923. The van der Waals surface area contributed by atoms with E-state index in [4.69, 9.17) is 5.73 Å². The molecule has 0 radical (unpaired) electrons. The number of rotatable bonds is 5. The lowest BCUT2D eigenvalue weighted by atomic mass is 9.73. The van der Waals surface area contributed by atoms with Crippen molar-refractivity contribution in [3.63, 3.8) is 0 Å². The molecule has 1 amide bonds. The average molecular weight is 242 g/mol. The molecule has 1 unspecified atom stereocenters. The first-order valence-corrected chi connectivity index (χ1v) is 6.67. The van der Waals surface area contributed by atoms with Gasteiger partial charge in [0.1, 0.15) is 0 Å². The molecule has 0 aliphatic heterocycles. The molecule has 0 heterocycles. The summed E-state index contributed by atoms with van der Waals surface area (Å²) in [6, 6.07) is -0.159. The van der Waals surface area contributed by atoms with Crippen LogP contribution in [0.3, 0.4) is 0 Å². The second-order valence-corrected chi connectivity index (χ2v) is 5.55. The summed E-state index contributed by atoms with van der Waals surface area (Å²) in [6.45, 7) is 4.40. The summed E-state index contributed by atoms with van der Waals surface area (Å²) in [5, 5.41) is 12.2. The Bertz CT molecular complexity index is 248. The van der Waals surface area contributed by atoms with Crippen LogP contribution in [0.5, 0.6) is 0 Å². The zero-order valence-electron chi connectivity index (χ0n) is 11.0. The molecule has 1 aliphatic carbocycles. The first-order valence-electron chi connectivity index (χ1n) is 6.67. The summed E-state index contributed by atoms with van der Waals surface area (Å²) in [5.74, 6) is 0.273. The van der Waals surface area contributed by atoms with E-state index < -0.39 is 0 Å². The van der Waals surface area contributed by atoms with Crippen LogP contribution in [-0.2, 0) is 4.79 Å². The molecule has 0 spiro atoms. The van der Waals surface area contributed by atoms with E-state index >= 15 is 0 Å². The molecule has 0 saturated heterocycles. The Labute approximate surface area is 104 Å². The molecule has 1 aliphatic rings. The van der Waals surface area contributed by atoms with E-state index in [0.29, 0.717) is 6.54 Å². The number of aliphatic hydroxyl groups is 1. The number of hydrogen-bond donors (Lipinski definition) is 3. The van der Waals surface area contributed by atoms with E-state index in [2.05, 4.69) is 5.32 Å². The van der Waals surface area contributed by atoms with Gasteiger partial charge in [-0.1, -0.05) is 33.1 Å². The highest BCUT2D eigenvalue weighted by atomic mass is 16.3. The van der Waals surface area contributed by atoms with E-state index in [1.54, 1.807) is 0 Å². The van der Waals surface area contributed by atoms with Crippen molar-refractivity contribution in [2.24, 2.45) is 17.1 Å². The number of aliphatic hydroxyl groups excluding tert-OH is 1. The molecule has 1 fully saturated rings. The third-order valence-electron chi connectivity index (χ3n) is 4.00. The van der Waals surface area contributed by atoms with E-state index in [1.807, 2.05) is 13.8 Å². The Balaban J connectivity index is 2.65. The first-order chi connectivity index (χ1) is 8.05. The van der Waals surface area contributed by atoms with Crippen LogP contribution in [0.4, 0.5) is 0 Å². The third kappa shape index (κ3) is 3.42. The maximum atomic E-state index is 12.3. The van der Waals surface area contributed by atoms with E-state index in [-0.39, 0.29) is 29.9 Å². The van der Waals surface area contributed by atoms with Crippen molar-refractivity contribution in [3.8, 4) is 0 Å². The van der Waals surface area contributed by atoms with Gasteiger partial charge in [0.25, 0.3) is 0 Å². The quantitative estimate of drug-likeness (QED) is 0.674. The van der Waals surface area contributed by atoms with Gasteiger partial charge in [-0.05, 0) is 18.8 Å². The summed E-state index contributed by atoms with van der Waals surface area (Å²) < 4.78 is 0. The number of carbonyl (C=O) groups is 1. The van der Waals surface area contributed by atoms with Crippen LogP contribution in [0.2, 0.25) is 0 Å². The second kappa shape index (κ2) is 6.36. The summed E-state index contributed by atoms with van der Waals surface area (Å²) in [5.41, 5.74) is 5.42. The molecule has 1 saturated carbocycles. The van der Waals surface area contributed by atoms with E-state index in [1.165, 1.54) is 6.42 Å². The maximum Gasteiger partial charge on any atom is 0.227 e. The van der Waals surface area contributed by atoms with Gasteiger partial charge >= 0.3 is 0 Å². The van der Waals surface area contributed by atoms with Crippen molar-refractivity contribution in [1.29, 1.82) is 0 Å². The number of amides is 1. The smallest absolute Gasteiger partial charge is 0.227 e. The van der Waals surface area contributed by atoms with Crippen LogP contribution in [-0.4, -0.2) is 30.2 Å². The molecule has 4 N–H and O–H groups in total. The van der Waals surface area contributed by atoms with Gasteiger partial charge in [0, 0.05) is 6.54 Å². The van der Waals surface area contributed by atoms with Crippen LogP contribution in [0.25, 0.3) is 0 Å². The molecule has 0 aromatic rings. The van der Waals surface area contributed by atoms with Gasteiger partial charge in [0.05, 0.1) is 18.1 Å². The molecule has 17 heavy (non-hydrogen) atoms. The van der Waals surface area contributed by atoms with Crippen LogP contribution in [0.15, 0.2) is 0 Å². The van der Waals surface area contributed by atoms with Crippen molar-refractivity contribution in [1.82, 2.24) is 5.32 Å². The van der Waals surface area contributed by atoms with Crippen LogP contribution in [0.1, 0.15) is 46.0 Å². The predicted octanol–water partition coefficient (Wildman–Crippen LogP) is 1.03. The summed E-state index contributed by atoms with van der Waals surface area (Å²) >= 11 is 0. The Kier molecular flexibility index (Phi) is 5.40. The van der Waals surface area contributed by atoms with Gasteiger partial charge in [0.2, 0.25) is 5.91 Å². The highest BCUT2D eigenvalue weighted by Crippen LogP contribution is 2.35. The molecule has 0 aromatic heterocycles. The standard InChI is InChI=1S/C13H26N2O2/c1-10(2)11(8-16)15-12(17)13(9-14)6-4-3-5-7-13/h10-11,16H,3-9,14H2,1-2H3,(H,15,17). The number of carbonyl (C=O) groups excluding carboxylic acids is 1. The molecule has 1 atom stereocenters. The summed E-state index contributed by atoms with van der Waals surface area (Å²) in [6.07, 6.45) is 5.12. The van der Waals surface area contributed by atoms with Gasteiger partial charge in [0.15, 0.2) is 0 Å². The van der Waals surface area contributed by atoms with E-state index in [0.717, 1.165) is 25.7 Å². The number of nitrogens with two attached hydrogens (primary N) is 1. The normalized spacial score (nSPS) is 21.2. The molecular weight excluding hydrogens is 216 g/mol. The topological polar surface area (TPSA) is 75.3 Å². The number of nitrogens with one attached hydrogen (secondary N) is 1. The van der Waals surface area contributed by atoms with Crippen LogP contribution >= 0.6 is 0 Å². The minimum absolute atomic E-state index is 0.00986. The highest BCUT2D eigenvalue weighted by Gasteiger charge is 2.39. The molecule has 4 heteroatoms. The summed E-state index contributed by atoms with van der Waals surface area (Å²) in [7, 11) is 0. The molecule has 0 aromatic carbocycles. The summed E-state index contributed by atoms with van der Waals surface area (Å²) in [4.78, 5) is 12.3. The van der Waals surface area contributed by atoms with Crippen LogP contribution < -0.4 is 11.1 Å². The Hall–Kier alpha value is -0.610. The SMILES string of the molecule is CC(C)C(CO)NC(=O)C1(CN)CCCCC1. The first kappa shape index (κ1) is 14.5.